The first-order chi connectivity index (χ1) is 18.6. The van der Waals surface area contributed by atoms with Crippen molar-refractivity contribution in [3.05, 3.63) is 109 Å². The van der Waals surface area contributed by atoms with E-state index in [0.717, 1.165) is 16.0 Å². The number of likely N-dealkylation sites (tertiary alicyclic amines) is 1. The van der Waals surface area contributed by atoms with Gasteiger partial charge in [0, 0.05) is 21.5 Å². The number of carboxylic acids is 1. The van der Waals surface area contributed by atoms with Crippen LogP contribution in [0.15, 0.2) is 77.5 Å². The van der Waals surface area contributed by atoms with Gasteiger partial charge in [0.05, 0.1) is 16.8 Å². The maximum atomic E-state index is 14.3. The van der Waals surface area contributed by atoms with Gasteiger partial charge in [-0.05, 0) is 84.6 Å². The van der Waals surface area contributed by atoms with Crippen LogP contribution in [-0.2, 0) is 4.79 Å². The number of carbonyl (C=O) groups is 3. The first-order valence-corrected chi connectivity index (χ1v) is 14.5. The molecule has 4 unspecified atom stereocenters. The molecule has 1 saturated heterocycles. The third-order valence-electron chi connectivity index (χ3n) is 7.47. The lowest BCUT2D eigenvalue weighted by molar-refractivity contribution is -0.148. The third-order valence-corrected chi connectivity index (χ3v) is 9.70. The number of aliphatic carboxylic acids is 1. The molecule has 1 fully saturated rings. The van der Waals surface area contributed by atoms with Gasteiger partial charge in [-0.25, -0.2) is 9.59 Å². The summed E-state index contributed by atoms with van der Waals surface area (Å²) >= 11 is 8.92. The number of benzene rings is 2. The Balaban J connectivity index is 1.76. The summed E-state index contributed by atoms with van der Waals surface area (Å²) in [5, 5.41) is 18.0. The molecule has 0 saturated carbocycles. The highest BCUT2D eigenvalue weighted by atomic mass is 35.5. The number of amides is 2. The number of rotatable bonds is 6. The van der Waals surface area contributed by atoms with E-state index in [1.165, 1.54) is 27.6 Å². The van der Waals surface area contributed by atoms with Gasteiger partial charge in [0.1, 0.15) is 5.54 Å². The molecule has 1 aliphatic heterocycles. The van der Waals surface area contributed by atoms with Gasteiger partial charge < -0.3 is 10.4 Å². The van der Waals surface area contributed by atoms with Crippen LogP contribution in [0.4, 0.5) is 10.5 Å². The number of aryl methyl sites for hydroxylation is 2. The predicted molar refractivity (Wildman–Crippen MR) is 156 cm³/mol. The van der Waals surface area contributed by atoms with Gasteiger partial charge in [-0.1, -0.05) is 41.9 Å². The van der Waals surface area contributed by atoms with Crippen molar-refractivity contribution in [2.75, 3.05) is 5.32 Å². The number of urea groups is 1. The normalized spacial score (nSPS) is 22.6. The van der Waals surface area contributed by atoms with E-state index in [-0.39, 0.29) is 5.78 Å². The molecule has 4 atom stereocenters. The average molecular weight is 579 g/mol. The number of anilines is 1. The fourth-order valence-electron chi connectivity index (χ4n) is 5.66. The number of carbonyl (C=O) groups excluding carboxylic acids is 2. The summed E-state index contributed by atoms with van der Waals surface area (Å²) in [7, 11) is 0. The largest absolute Gasteiger partial charge is 0.479 e. The zero-order chi connectivity index (χ0) is 27.9. The molecule has 2 aromatic heterocycles. The highest BCUT2D eigenvalue weighted by Gasteiger charge is 2.65. The van der Waals surface area contributed by atoms with E-state index in [9.17, 15) is 19.5 Å². The molecule has 0 spiro atoms. The van der Waals surface area contributed by atoms with Crippen LogP contribution in [0, 0.1) is 19.8 Å². The van der Waals surface area contributed by atoms with Crippen LogP contribution in [-0.4, -0.2) is 33.3 Å². The van der Waals surface area contributed by atoms with Gasteiger partial charge in [-0.15, -0.1) is 22.7 Å². The molecule has 2 amide bonds. The Kier molecular flexibility index (Phi) is 7.37. The number of hydrogen-bond donors (Lipinski definition) is 2. The van der Waals surface area contributed by atoms with Gasteiger partial charge in [0.25, 0.3) is 0 Å². The summed E-state index contributed by atoms with van der Waals surface area (Å²) in [5.74, 6) is -3.09. The van der Waals surface area contributed by atoms with Crippen molar-refractivity contribution in [2.24, 2.45) is 5.92 Å². The number of nitrogens with one attached hydrogen (secondary N) is 1. The minimum Gasteiger partial charge on any atom is -0.479 e. The van der Waals surface area contributed by atoms with E-state index in [0.29, 0.717) is 21.2 Å². The van der Waals surface area contributed by atoms with E-state index in [1.807, 2.05) is 48.9 Å². The van der Waals surface area contributed by atoms with E-state index in [2.05, 4.69) is 5.32 Å². The Labute approximate surface area is 239 Å². The summed E-state index contributed by atoms with van der Waals surface area (Å²) in [5.41, 5.74) is 1.26. The van der Waals surface area contributed by atoms with Crippen LogP contribution in [0.5, 0.6) is 0 Å². The molecule has 3 heterocycles. The Morgan fingerprint density at radius 3 is 2.31 bits per heavy atom. The number of nitrogens with zero attached hydrogens (tertiary/aromatic N) is 1. The second-order valence-corrected chi connectivity index (χ2v) is 12.3. The quantitative estimate of drug-likeness (QED) is 0.229. The van der Waals surface area contributed by atoms with Gasteiger partial charge in [-0.3, -0.25) is 9.69 Å². The topological polar surface area (TPSA) is 86.7 Å². The predicted octanol–water partition coefficient (Wildman–Crippen LogP) is 7.79. The van der Waals surface area contributed by atoms with Crippen molar-refractivity contribution < 1.29 is 19.5 Å². The number of thiophene rings is 2. The zero-order valence-corrected chi connectivity index (χ0v) is 23.9. The molecule has 2 N–H and O–H groups in total. The van der Waals surface area contributed by atoms with Crippen LogP contribution in [0.1, 0.15) is 50.1 Å². The molecule has 5 rings (SSSR count). The highest BCUT2D eigenvalue weighted by Crippen LogP contribution is 2.58. The maximum absolute atomic E-state index is 14.3. The number of halogens is 1. The molecule has 2 aromatic carbocycles. The van der Waals surface area contributed by atoms with Gasteiger partial charge in [-0.2, -0.15) is 0 Å². The smallest absolute Gasteiger partial charge is 0.330 e. The van der Waals surface area contributed by atoms with Crippen LogP contribution < -0.4 is 5.32 Å². The molecule has 0 bridgehead atoms. The van der Waals surface area contributed by atoms with E-state index < -0.39 is 35.4 Å². The van der Waals surface area contributed by atoms with Crippen LogP contribution in [0.2, 0.25) is 5.02 Å². The summed E-state index contributed by atoms with van der Waals surface area (Å²) in [4.78, 5) is 44.5. The standard InChI is InChI=1S/C30H27ClN2O4S2/c1-17-6-4-7-21(16-17)32-29(37)33-25(27-18(2)13-15-39-27)23(26(34)22-8-5-14-38-22)24(30(33,3)28(35)36)19-9-11-20(31)12-10-19/h4-16,23-25H,1-3H3,(H,32,37)(H,35,36). The minimum absolute atomic E-state index is 0.193. The van der Waals surface area contributed by atoms with Crippen molar-refractivity contribution in [3.63, 3.8) is 0 Å². The lowest BCUT2D eigenvalue weighted by atomic mass is 9.73. The lowest BCUT2D eigenvalue weighted by Crippen LogP contribution is -2.55. The number of carboxylic acid groups (broad SMARTS) is 1. The Morgan fingerprint density at radius 1 is 0.974 bits per heavy atom. The van der Waals surface area contributed by atoms with Gasteiger partial charge >= 0.3 is 12.0 Å². The fourth-order valence-corrected chi connectivity index (χ4v) is 7.56. The van der Waals surface area contributed by atoms with E-state index >= 15 is 0 Å². The molecule has 6 nitrogen and oxygen atoms in total. The molecule has 0 radical (unpaired) electrons. The first-order valence-electron chi connectivity index (χ1n) is 12.4. The van der Waals surface area contributed by atoms with Crippen molar-refractivity contribution in [3.8, 4) is 0 Å². The molecule has 9 heteroatoms. The average Bonchev–Trinajstić information content (AvgIpc) is 3.63. The number of ketones is 1. The molecule has 4 aromatic rings. The molecular weight excluding hydrogens is 552 g/mol. The molecule has 0 aliphatic carbocycles. The monoisotopic (exact) mass is 578 g/mol. The first kappa shape index (κ1) is 27.1. The second-order valence-electron chi connectivity index (χ2n) is 9.93. The SMILES string of the molecule is Cc1cccc(NC(=O)N2C(c3sccc3C)C(C(=O)c3cccs3)C(c3ccc(Cl)cc3)C2(C)C(=O)O)c1. The molecule has 39 heavy (non-hydrogen) atoms. The van der Waals surface area contributed by atoms with Crippen molar-refractivity contribution in [2.45, 2.75) is 38.3 Å². The summed E-state index contributed by atoms with van der Waals surface area (Å²) in [6.45, 7) is 5.38. The van der Waals surface area contributed by atoms with E-state index in [1.54, 1.807) is 49.4 Å². The van der Waals surface area contributed by atoms with Crippen molar-refractivity contribution in [1.82, 2.24) is 4.90 Å². The summed E-state index contributed by atoms with van der Waals surface area (Å²) < 4.78 is 0. The van der Waals surface area contributed by atoms with Crippen LogP contribution >= 0.6 is 34.3 Å². The van der Waals surface area contributed by atoms with Crippen molar-refractivity contribution >= 4 is 57.7 Å². The van der Waals surface area contributed by atoms with Gasteiger partial charge in [0.2, 0.25) is 0 Å². The Hall–Kier alpha value is -3.46. The van der Waals surface area contributed by atoms with E-state index in [4.69, 9.17) is 11.6 Å². The lowest BCUT2D eigenvalue weighted by Gasteiger charge is -2.37. The zero-order valence-electron chi connectivity index (χ0n) is 21.6. The third kappa shape index (κ3) is 4.77. The summed E-state index contributed by atoms with van der Waals surface area (Å²) in [6.07, 6.45) is 0. The second kappa shape index (κ2) is 10.6. The Morgan fingerprint density at radius 2 is 1.72 bits per heavy atom. The Bertz CT molecular complexity index is 1530. The van der Waals surface area contributed by atoms with Crippen LogP contribution in [0.25, 0.3) is 0 Å². The van der Waals surface area contributed by atoms with Crippen LogP contribution in [0.3, 0.4) is 0 Å². The minimum atomic E-state index is -1.76. The highest BCUT2D eigenvalue weighted by molar-refractivity contribution is 7.12. The molecule has 200 valence electrons. The maximum Gasteiger partial charge on any atom is 0.330 e. The van der Waals surface area contributed by atoms with Gasteiger partial charge in [0.15, 0.2) is 5.78 Å². The molecule has 1 aliphatic rings. The van der Waals surface area contributed by atoms with Crippen molar-refractivity contribution in [1.29, 1.82) is 0 Å². The fraction of sp³-hybridized carbons (Fsp3) is 0.233. The molecular formula is C30H27ClN2O4S2. The number of Topliss-reactive ketones (excluding diaryl/α,β-unsaturated/α-hetero) is 1. The number of hydrogen-bond acceptors (Lipinski definition) is 5. The summed E-state index contributed by atoms with van der Waals surface area (Å²) in [6, 6.07) is 18.3.